The second-order valence-electron chi connectivity index (χ2n) is 9.81. The highest BCUT2D eigenvalue weighted by Crippen LogP contribution is 2.20. The Balaban J connectivity index is 1.98. The van der Waals surface area contributed by atoms with Gasteiger partial charge in [-0.1, -0.05) is 74.5 Å². The minimum absolute atomic E-state index is 0.0818. The van der Waals surface area contributed by atoms with E-state index in [4.69, 9.17) is 4.74 Å². The summed E-state index contributed by atoms with van der Waals surface area (Å²) in [6.07, 6.45) is 0.668. The average molecular weight is 487 g/mol. The Morgan fingerprint density at radius 3 is 2.25 bits per heavy atom. The molecule has 3 aromatic carbocycles. The molecule has 0 saturated carbocycles. The van der Waals surface area contributed by atoms with E-state index >= 15 is 0 Å². The Morgan fingerprint density at radius 1 is 0.861 bits per heavy atom. The van der Waals surface area contributed by atoms with Gasteiger partial charge in [0.25, 0.3) is 0 Å². The van der Waals surface area contributed by atoms with Crippen molar-refractivity contribution in [1.82, 2.24) is 10.2 Å². The van der Waals surface area contributed by atoms with E-state index < -0.39 is 6.04 Å². The first-order valence-corrected chi connectivity index (χ1v) is 12.6. The zero-order valence-electron chi connectivity index (χ0n) is 22.1. The van der Waals surface area contributed by atoms with Crippen molar-refractivity contribution in [3.05, 3.63) is 101 Å². The summed E-state index contributed by atoms with van der Waals surface area (Å²) < 4.78 is 5.40. The Bertz CT molecular complexity index is 1160. The summed E-state index contributed by atoms with van der Waals surface area (Å²) in [5.41, 5.74) is 5.21. The van der Waals surface area contributed by atoms with Gasteiger partial charge in [0, 0.05) is 19.5 Å². The van der Waals surface area contributed by atoms with Gasteiger partial charge in [0.1, 0.15) is 11.8 Å². The maximum Gasteiger partial charge on any atom is 0.243 e. The molecule has 0 aliphatic rings. The van der Waals surface area contributed by atoms with Crippen molar-refractivity contribution in [2.24, 2.45) is 5.92 Å². The first kappa shape index (κ1) is 27.0. The maximum atomic E-state index is 13.9. The summed E-state index contributed by atoms with van der Waals surface area (Å²) in [6.45, 7) is 9.10. The highest BCUT2D eigenvalue weighted by molar-refractivity contribution is 5.88. The monoisotopic (exact) mass is 486 g/mol. The standard InChI is InChI=1S/C31H38N2O3/c1-22(2)20-32-31(35)29(18-25-10-7-6-8-11-25)33(21-27-12-9-13-28(17-27)36-5)30(34)19-26-15-14-23(3)24(4)16-26/h6-17,22,29H,18-21H2,1-5H3,(H,32,35)/t29-/m1/s1. The minimum atomic E-state index is -0.642. The molecule has 0 radical (unpaired) electrons. The van der Waals surface area contributed by atoms with E-state index in [0.717, 1.165) is 28.0 Å². The van der Waals surface area contributed by atoms with Crippen LogP contribution in [0.25, 0.3) is 0 Å². The highest BCUT2D eigenvalue weighted by atomic mass is 16.5. The second-order valence-corrected chi connectivity index (χ2v) is 9.81. The van der Waals surface area contributed by atoms with Crippen LogP contribution in [0, 0.1) is 19.8 Å². The number of carbonyl (C=O) groups is 2. The van der Waals surface area contributed by atoms with E-state index in [0.29, 0.717) is 25.4 Å². The number of aryl methyl sites for hydroxylation is 2. The van der Waals surface area contributed by atoms with Gasteiger partial charge in [-0.05, 0) is 59.7 Å². The van der Waals surface area contributed by atoms with Crippen LogP contribution >= 0.6 is 0 Å². The number of methoxy groups -OCH3 is 1. The SMILES string of the molecule is COc1cccc(CN(C(=O)Cc2ccc(C)c(C)c2)[C@H](Cc2ccccc2)C(=O)NCC(C)C)c1. The van der Waals surface area contributed by atoms with Gasteiger partial charge in [-0.3, -0.25) is 9.59 Å². The van der Waals surface area contributed by atoms with Crippen LogP contribution in [-0.2, 0) is 29.0 Å². The van der Waals surface area contributed by atoms with Crippen LogP contribution in [0.2, 0.25) is 0 Å². The number of hydrogen-bond donors (Lipinski definition) is 1. The fraction of sp³-hybridized carbons (Fsp3) is 0.355. The van der Waals surface area contributed by atoms with Crippen molar-refractivity contribution in [1.29, 1.82) is 0 Å². The van der Waals surface area contributed by atoms with Crippen LogP contribution in [0.3, 0.4) is 0 Å². The third kappa shape index (κ3) is 7.70. The summed E-state index contributed by atoms with van der Waals surface area (Å²) in [4.78, 5) is 29.1. The molecule has 1 atom stereocenters. The molecule has 3 aromatic rings. The first-order chi connectivity index (χ1) is 17.3. The van der Waals surface area contributed by atoms with E-state index in [1.807, 2.05) is 66.7 Å². The number of ether oxygens (including phenoxy) is 1. The number of nitrogens with zero attached hydrogens (tertiary/aromatic N) is 1. The lowest BCUT2D eigenvalue weighted by Gasteiger charge is -2.32. The Labute approximate surface area is 215 Å². The third-order valence-corrected chi connectivity index (χ3v) is 6.37. The average Bonchev–Trinajstić information content (AvgIpc) is 2.87. The number of nitrogens with one attached hydrogen (secondary N) is 1. The highest BCUT2D eigenvalue weighted by Gasteiger charge is 2.30. The summed E-state index contributed by atoms with van der Waals surface area (Å²) >= 11 is 0. The van der Waals surface area contributed by atoms with Gasteiger partial charge in [-0.25, -0.2) is 0 Å². The molecule has 36 heavy (non-hydrogen) atoms. The third-order valence-electron chi connectivity index (χ3n) is 6.37. The lowest BCUT2D eigenvalue weighted by Crippen LogP contribution is -2.51. The van der Waals surface area contributed by atoms with Gasteiger partial charge < -0.3 is 15.0 Å². The summed E-state index contributed by atoms with van der Waals surface area (Å²) in [7, 11) is 1.62. The van der Waals surface area contributed by atoms with E-state index in [9.17, 15) is 9.59 Å². The van der Waals surface area contributed by atoms with Gasteiger partial charge in [-0.15, -0.1) is 0 Å². The van der Waals surface area contributed by atoms with Crippen molar-refractivity contribution in [2.45, 2.75) is 53.1 Å². The fourth-order valence-electron chi connectivity index (χ4n) is 4.13. The zero-order chi connectivity index (χ0) is 26.1. The largest absolute Gasteiger partial charge is 0.497 e. The molecule has 0 aromatic heterocycles. The smallest absolute Gasteiger partial charge is 0.243 e. The predicted molar refractivity (Wildman–Crippen MR) is 145 cm³/mol. The summed E-state index contributed by atoms with van der Waals surface area (Å²) in [5, 5.41) is 3.07. The quantitative estimate of drug-likeness (QED) is 0.402. The molecule has 3 rings (SSSR count). The Morgan fingerprint density at radius 2 is 1.58 bits per heavy atom. The van der Waals surface area contributed by atoms with Gasteiger partial charge in [0.15, 0.2) is 0 Å². The molecule has 1 N–H and O–H groups in total. The molecule has 0 aliphatic carbocycles. The van der Waals surface area contributed by atoms with Crippen LogP contribution in [0.5, 0.6) is 5.75 Å². The maximum absolute atomic E-state index is 13.9. The minimum Gasteiger partial charge on any atom is -0.497 e. The van der Waals surface area contributed by atoms with Gasteiger partial charge >= 0.3 is 0 Å². The molecule has 0 bridgehead atoms. The molecule has 5 nitrogen and oxygen atoms in total. The molecule has 0 aliphatic heterocycles. The van der Waals surface area contributed by atoms with Crippen molar-refractivity contribution < 1.29 is 14.3 Å². The van der Waals surface area contributed by atoms with Crippen molar-refractivity contribution in [2.75, 3.05) is 13.7 Å². The second kappa shape index (κ2) is 12.9. The molecule has 0 fully saturated rings. The number of benzene rings is 3. The molecule has 0 spiro atoms. The number of amides is 2. The molecule has 2 amide bonds. The van der Waals surface area contributed by atoms with Crippen LogP contribution in [-0.4, -0.2) is 36.4 Å². The molecular formula is C31H38N2O3. The topological polar surface area (TPSA) is 58.6 Å². The number of hydrogen-bond acceptors (Lipinski definition) is 3. The summed E-state index contributed by atoms with van der Waals surface area (Å²) in [5.74, 6) is 0.813. The van der Waals surface area contributed by atoms with Crippen molar-refractivity contribution in [3.63, 3.8) is 0 Å². The molecule has 5 heteroatoms. The van der Waals surface area contributed by atoms with E-state index in [1.54, 1.807) is 12.0 Å². The Hall–Kier alpha value is -3.60. The molecule has 0 heterocycles. The van der Waals surface area contributed by atoms with Crippen LogP contribution in [0.4, 0.5) is 0 Å². The van der Waals surface area contributed by atoms with Gasteiger partial charge in [-0.2, -0.15) is 0 Å². The molecule has 190 valence electrons. The van der Waals surface area contributed by atoms with Gasteiger partial charge in [0.05, 0.1) is 13.5 Å². The van der Waals surface area contributed by atoms with Gasteiger partial charge in [0.2, 0.25) is 11.8 Å². The molecule has 0 unspecified atom stereocenters. The van der Waals surface area contributed by atoms with E-state index in [2.05, 4.69) is 39.1 Å². The normalized spacial score (nSPS) is 11.7. The van der Waals surface area contributed by atoms with Crippen LogP contribution in [0.1, 0.15) is 41.7 Å². The fourth-order valence-corrected chi connectivity index (χ4v) is 4.13. The zero-order valence-corrected chi connectivity index (χ0v) is 22.1. The van der Waals surface area contributed by atoms with Crippen molar-refractivity contribution in [3.8, 4) is 5.75 Å². The number of rotatable bonds is 11. The predicted octanol–water partition coefficient (Wildman–Crippen LogP) is 5.27. The lowest BCUT2D eigenvalue weighted by atomic mass is 10.00. The lowest BCUT2D eigenvalue weighted by molar-refractivity contribution is -0.140. The van der Waals surface area contributed by atoms with E-state index in [1.165, 1.54) is 5.56 Å². The first-order valence-electron chi connectivity index (χ1n) is 12.6. The molecule has 0 saturated heterocycles. The molecular weight excluding hydrogens is 448 g/mol. The number of carbonyl (C=O) groups excluding carboxylic acids is 2. The van der Waals surface area contributed by atoms with Crippen molar-refractivity contribution >= 4 is 11.8 Å². The van der Waals surface area contributed by atoms with Crippen LogP contribution < -0.4 is 10.1 Å². The summed E-state index contributed by atoms with van der Waals surface area (Å²) in [6, 6.07) is 23.0. The Kier molecular flexibility index (Phi) is 9.69. The van der Waals surface area contributed by atoms with E-state index in [-0.39, 0.29) is 18.2 Å². The van der Waals surface area contributed by atoms with Crippen LogP contribution in [0.15, 0.2) is 72.8 Å².